The number of amides is 1. The molecule has 1 aromatic carbocycles. The Kier molecular flexibility index (Phi) is 4.99. The van der Waals surface area contributed by atoms with E-state index in [2.05, 4.69) is 31.3 Å². The van der Waals surface area contributed by atoms with E-state index in [1.54, 1.807) is 6.92 Å². The summed E-state index contributed by atoms with van der Waals surface area (Å²) < 4.78 is 4.89. The van der Waals surface area contributed by atoms with E-state index in [9.17, 15) is 19.7 Å². The first-order valence-corrected chi connectivity index (χ1v) is 9.44. The minimum Gasteiger partial charge on any atom is -0.462 e. The predicted octanol–water partition coefficient (Wildman–Crippen LogP) is 3.70. The van der Waals surface area contributed by atoms with Crippen LogP contribution in [0.4, 0.5) is 5.69 Å². The highest BCUT2D eigenvalue weighted by Crippen LogP contribution is 2.63. The predicted molar refractivity (Wildman–Crippen MR) is 103 cm³/mol. The number of hydrogen-bond donors (Lipinski definition) is 1. The molecule has 1 amide bonds. The molecular weight excluding hydrogens is 362 g/mol. The Morgan fingerprint density at radius 3 is 2.50 bits per heavy atom. The Morgan fingerprint density at radius 1 is 1.29 bits per heavy atom. The molecule has 3 rings (SSSR count). The fourth-order valence-electron chi connectivity index (χ4n) is 4.46. The molecule has 0 saturated heterocycles. The first kappa shape index (κ1) is 20.0. The van der Waals surface area contributed by atoms with Crippen LogP contribution in [0.3, 0.4) is 0 Å². The summed E-state index contributed by atoms with van der Waals surface area (Å²) in [6.07, 6.45) is 3.03. The van der Waals surface area contributed by atoms with Gasteiger partial charge in [0.15, 0.2) is 0 Å². The van der Waals surface area contributed by atoms with E-state index < -0.39 is 16.8 Å². The van der Waals surface area contributed by atoms with Crippen LogP contribution in [0.1, 0.15) is 67.7 Å². The number of ether oxygens (including phenoxy) is 1. The monoisotopic (exact) mass is 387 g/mol. The number of fused-ring (bicyclic) bond motifs is 2. The molecule has 2 atom stereocenters. The van der Waals surface area contributed by atoms with Crippen LogP contribution in [-0.2, 0) is 4.74 Å². The van der Waals surface area contributed by atoms with E-state index in [0.717, 1.165) is 37.1 Å². The minimum absolute atomic E-state index is 0.00540. The molecule has 2 saturated carbocycles. The van der Waals surface area contributed by atoms with Gasteiger partial charge in [0.2, 0.25) is 0 Å². The Labute approximate surface area is 163 Å². The average molecular weight is 387 g/mol. The van der Waals surface area contributed by atoms with Gasteiger partial charge >= 0.3 is 5.97 Å². The van der Waals surface area contributed by atoms with Crippen molar-refractivity contribution in [3.63, 3.8) is 0 Å². The zero-order valence-corrected chi connectivity index (χ0v) is 16.6. The van der Waals surface area contributed by atoms with Gasteiger partial charge in [-0.1, -0.05) is 20.8 Å². The van der Waals surface area contributed by atoms with Crippen molar-refractivity contribution in [2.75, 3.05) is 6.61 Å². The fraction of sp³-hybridized carbons (Fsp3) is 0.550. The van der Waals surface area contributed by atoms with Crippen molar-refractivity contribution < 1.29 is 19.2 Å². The molecule has 8 nitrogen and oxygen atoms in total. The summed E-state index contributed by atoms with van der Waals surface area (Å²) in [7, 11) is 0. The van der Waals surface area contributed by atoms with Crippen LogP contribution < -0.4 is 5.43 Å². The van der Waals surface area contributed by atoms with Gasteiger partial charge in [0, 0.05) is 28.8 Å². The highest BCUT2D eigenvalue weighted by atomic mass is 16.6. The minimum atomic E-state index is -0.714. The molecular formula is C20H25N3O5. The first-order chi connectivity index (χ1) is 13.1. The van der Waals surface area contributed by atoms with Crippen LogP contribution >= 0.6 is 0 Å². The molecule has 0 aromatic heterocycles. The van der Waals surface area contributed by atoms with E-state index in [0.29, 0.717) is 5.92 Å². The molecule has 28 heavy (non-hydrogen) atoms. The molecule has 2 aliphatic carbocycles. The maximum absolute atomic E-state index is 12.6. The molecule has 150 valence electrons. The zero-order valence-electron chi connectivity index (χ0n) is 16.6. The van der Waals surface area contributed by atoms with Gasteiger partial charge in [0.1, 0.15) is 0 Å². The lowest BCUT2D eigenvalue weighted by Gasteiger charge is -2.34. The van der Waals surface area contributed by atoms with Crippen molar-refractivity contribution in [3.05, 3.63) is 39.4 Å². The number of hydrogen-bond acceptors (Lipinski definition) is 6. The van der Waals surface area contributed by atoms with Crippen LogP contribution in [0.2, 0.25) is 0 Å². The fourth-order valence-corrected chi connectivity index (χ4v) is 4.46. The van der Waals surface area contributed by atoms with Crippen molar-refractivity contribution in [1.82, 2.24) is 5.43 Å². The van der Waals surface area contributed by atoms with Gasteiger partial charge in [-0.05, 0) is 43.6 Å². The van der Waals surface area contributed by atoms with E-state index in [-0.39, 0.29) is 34.3 Å². The Bertz CT molecular complexity index is 877. The molecule has 8 heteroatoms. The zero-order chi connectivity index (χ0) is 20.7. The number of carbonyl (C=O) groups is 2. The summed E-state index contributed by atoms with van der Waals surface area (Å²) in [4.78, 5) is 35.1. The van der Waals surface area contributed by atoms with Crippen molar-refractivity contribution in [2.45, 2.75) is 47.0 Å². The number of non-ortho nitro benzene ring substituents is 1. The van der Waals surface area contributed by atoms with Crippen LogP contribution in [0, 0.1) is 26.9 Å². The van der Waals surface area contributed by atoms with Gasteiger partial charge in [-0.2, -0.15) is 5.10 Å². The lowest BCUT2D eigenvalue weighted by Crippen LogP contribution is -2.34. The third-order valence-electron chi connectivity index (χ3n) is 6.71. The van der Waals surface area contributed by atoms with E-state index in [4.69, 9.17) is 4.74 Å². The quantitative estimate of drug-likeness (QED) is 0.470. The molecule has 2 fully saturated rings. The molecule has 0 radical (unpaired) electrons. The molecule has 0 heterocycles. The van der Waals surface area contributed by atoms with E-state index in [1.165, 1.54) is 6.07 Å². The van der Waals surface area contributed by atoms with Gasteiger partial charge < -0.3 is 4.74 Å². The summed E-state index contributed by atoms with van der Waals surface area (Å²) >= 11 is 0. The third-order valence-corrected chi connectivity index (χ3v) is 6.71. The number of esters is 1. The lowest BCUT2D eigenvalue weighted by atomic mass is 9.70. The topological polar surface area (TPSA) is 111 Å². The van der Waals surface area contributed by atoms with Crippen LogP contribution in [0.5, 0.6) is 0 Å². The highest BCUT2D eigenvalue weighted by molar-refractivity contribution is 6.00. The second-order valence-electron chi connectivity index (χ2n) is 8.24. The molecule has 0 aliphatic heterocycles. The summed E-state index contributed by atoms with van der Waals surface area (Å²) in [5.74, 6) is -0.763. The highest BCUT2D eigenvalue weighted by Gasteiger charge is 2.60. The van der Waals surface area contributed by atoms with Crippen LogP contribution in [0.15, 0.2) is 23.3 Å². The summed E-state index contributed by atoms with van der Waals surface area (Å²) in [6, 6.07) is 3.51. The van der Waals surface area contributed by atoms with Gasteiger partial charge in [-0.3, -0.25) is 14.9 Å². The maximum atomic E-state index is 12.6. The molecule has 1 N–H and O–H groups in total. The maximum Gasteiger partial charge on any atom is 0.338 e. The number of nitro benzene ring substituents is 1. The number of carbonyl (C=O) groups excluding carboxylic acids is 2. The number of benzene rings is 1. The van der Waals surface area contributed by atoms with Gasteiger partial charge in [0.05, 0.1) is 17.1 Å². The van der Waals surface area contributed by atoms with Gasteiger partial charge in [0.25, 0.3) is 11.6 Å². The van der Waals surface area contributed by atoms with Gasteiger partial charge in [-0.15, -0.1) is 0 Å². The number of nitrogens with zero attached hydrogens (tertiary/aromatic N) is 2. The third kappa shape index (κ3) is 3.16. The van der Waals surface area contributed by atoms with Gasteiger partial charge in [-0.25, -0.2) is 10.2 Å². The van der Waals surface area contributed by atoms with Crippen molar-refractivity contribution in [1.29, 1.82) is 0 Å². The number of hydrazone groups is 1. The summed E-state index contributed by atoms with van der Waals surface area (Å²) in [5, 5.41) is 15.5. The number of rotatable bonds is 5. The SMILES string of the molecule is CCOC(=O)c1cc(C(=O)N/N=C2/C[C@H]3CC[C@@]2(C)C3(C)C)cc([N+](=O)[O-])c1. The summed E-state index contributed by atoms with van der Waals surface area (Å²) in [6.45, 7) is 8.42. The van der Waals surface area contributed by atoms with E-state index in [1.807, 2.05) is 0 Å². The normalized spacial score (nSPS) is 26.3. The largest absolute Gasteiger partial charge is 0.462 e. The molecule has 2 aliphatic rings. The standard InChI is InChI=1S/C20H25N3O5/c1-5-28-18(25)13-8-12(9-15(10-13)23(26)27)17(24)22-21-16-11-14-6-7-20(16,4)19(14,2)3/h8-10,14H,5-7,11H2,1-4H3,(H,22,24)/b21-16-/t14-,20-/m1/s1. The smallest absolute Gasteiger partial charge is 0.338 e. The van der Waals surface area contributed by atoms with Crippen molar-refractivity contribution in [2.24, 2.45) is 21.8 Å². The average Bonchev–Trinajstić information content (AvgIpc) is 2.99. The lowest BCUT2D eigenvalue weighted by molar-refractivity contribution is -0.384. The Morgan fingerprint density at radius 2 is 1.96 bits per heavy atom. The van der Waals surface area contributed by atoms with Crippen molar-refractivity contribution in [3.8, 4) is 0 Å². The Balaban J connectivity index is 1.85. The Hall–Kier alpha value is -2.77. The van der Waals surface area contributed by atoms with Crippen molar-refractivity contribution >= 4 is 23.3 Å². The first-order valence-electron chi connectivity index (χ1n) is 9.44. The van der Waals surface area contributed by atoms with Crippen LogP contribution in [-0.4, -0.2) is 29.1 Å². The second-order valence-corrected chi connectivity index (χ2v) is 8.24. The number of nitro groups is 1. The molecule has 1 aromatic rings. The molecule has 0 unspecified atom stereocenters. The van der Waals surface area contributed by atoms with Crippen LogP contribution in [0.25, 0.3) is 0 Å². The second kappa shape index (κ2) is 7.00. The molecule has 2 bridgehead atoms. The number of nitrogens with one attached hydrogen (secondary N) is 1. The molecule has 0 spiro atoms. The van der Waals surface area contributed by atoms with E-state index >= 15 is 0 Å². The summed E-state index contributed by atoms with van der Waals surface area (Å²) in [5.41, 5.74) is 3.15.